The topological polar surface area (TPSA) is 84.9 Å². The van der Waals surface area contributed by atoms with Gasteiger partial charge >= 0.3 is 0 Å². The van der Waals surface area contributed by atoms with E-state index in [-0.39, 0.29) is 23.4 Å². The molecule has 1 aliphatic carbocycles. The zero-order valence-corrected chi connectivity index (χ0v) is 20.0. The predicted octanol–water partition coefficient (Wildman–Crippen LogP) is 3.58. The normalized spacial score (nSPS) is 19.0. The van der Waals surface area contributed by atoms with Crippen LogP contribution in [0.15, 0.2) is 30.3 Å². The molecule has 1 atom stereocenters. The molecule has 34 heavy (non-hydrogen) atoms. The molecule has 2 aliphatic rings. The van der Waals surface area contributed by atoms with Gasteiger partial charge < -0.3 is 9.47 Å². The number of nitrogens with zero attached hydrogens (tertiary/aromatic N) is 1. The Morgan fingerprint density at radius 3 is 2.56 bits per heavy atom. The van der Waals surface area contributed by atoms with Crippen LogP contribution in [0, 0.1) is 11.6 Å². The van der Waals surface area contributed by atoms with Crippen LogP contribution in [-0.4, -0.2) is 51.8 Å². The first-order chi connectivity index (χ1) is 16.1. The summed E-state index contributed by atoms with van der Waals surface area (Å²) in [6, 6.07) is 7.37. The van der Waals surface area contributed by atoms with Crippen molar-refractivity contribution in [3.8, 4) is 11.5 Å². The molecular weight excluding hydrogens is 466 g/mol. The Morgan fingerprint density at radius 2 is 1.91 bits per heavy atom. The van der Waals surface area contributed by atoms with E-state index in [4.69, 9.17) is 9.47 Å². The third-order valence-corrected chi connectivity index (χ3v) is 6.61. The summed E-state index contributed by atoms with van der Waals surface area (Å²) in [6.07, 6.45) is 4.02. The van der Waals surface area contributed by atoms with Crippen molar-refractivity contribution in [2.45, 2.75) is 44.2 Å². The second kappa shape index (κ2) is 9.87. The molecule has 0 radical (unpaired) electrons. The van der Waals surface area contributed by atoms with Crippen molar-refractivity contribution in [3.05, 3.63) is 58.7 Å². The lowest BCUT2D eigenvalue weighted by Gasteiger charge is -2.33. The first-order valence-electron chi connectivity index (χ1n) is 11.2. The quantitative estimate of drug-likeness (QED) is 0.604. The van der Waals surface area contributed by atoms with Crippen molar-refractivity contribution < 1.29 is 31.5 Å². The van der Waals surface area contributed by atoms with Gasteiger partial charge in [-0.05, 0) is 55.8 Å². The van der Waals surface area contributed by atoms with E-state index >= 15 is 0 Å². The highest BCUT2D eigenvalue weighted by atomic mass is 32.2. The fourth-order valence-electron chi connectivity index (χ4n) is 4.24. The zero-order valence-electron chi connectivity index (χ0n) is 19.1. The number of hydrogen-bond acceptors (Lipinski definition) is 6. The van der Waals surface area contributed by atoms with Gasteiger partial charge in [-0.2, -0.15) is 0 Å². The highest BCUT2D eigenvalue weighted by Crippen LogP contribution is 2.45. The fourth-order valence-corrected chi connectivity index (χ4v) is 4.69. The molecule has 184 valence electrons. The van der Waals surface area contributed by atoms with Gasteiger partial charge in [-0.1, -0.05) is 6.07 Å². The maximum Gasteiger partial charge on any atom is 0.267 e. The van der Waals surface area contributed by atoms with Crippen LogP contribution >= 0.6 is 0 Å². The number of sulfonamides is 1. The van der Waals surface area contributed by atoms with Crippen molar-refractivity contribution in [1.82, 2.24) is 9.62 Å². The number of likely N-dealkylation sites (tertiary alicyclic amines) is 1. The number of piperidine rings is 1. The molecule has 1 amide bonds. The van der Waals surface area contributed by atoms with Gasteiger partial charge in [-0.15, -0.1) is 0 Å². The van der Waals surface area contributed by atoms with E-state index in [0.29, 0.717) is 35.7 Å². The Morgan fingerprint density at radius 1 is 1.15 bits per heavy atom. The standard InChI is InChI=1S/C24H28F2N2O5S/c1-32-17-8-7-16(21(25)10-17)13-28-9-3-4-18(14-28)33-23-12-22(26)20(11-19(23)15-5-6-15)24(29)27-34(2,30)31/h7-8,10-12,15,18H,3-6,9,13-14H2,1-2H3,(H,27,29)/t18-/m1/s1. The number of nitrogens with one attached hydrogen (secondary N) is 1. The van der Waals surface area contributed by atoms with Crippen molar-refractivity contribution in [2.24, 2.45) is 0 Å². The minimum atomic E-state index is -3.81. The van der Waals surface area contributed by atoms with Gasteiger partial charge in [-0.3, -0.25) is 9.69 Å². The first kappa shape index (κ1) is 24.4. The predicted molar refractivity (Wildman–Crippen MR) is 123 cm³/mol. The molecular formula is C24H28F2N2O5S. The summed E-state index contributed by atoms with van der Waals surface area (Å²) < 4.78 is 65.0. The van der Waals surface area contributed by atoms with Crippen LogP contribution < -0.4 is 14.2 Å². The van der Waals surface area contributed by atoms with Crippen molar-refractivity contribution >= 4 is 15.9 Å². The van der Waals surface area contributed by atoms with Gasteiger partial charge in [0.2, 0.25) is 10.0 Å². The third kappa shape index (κ3) is 6.04. The molecule has 4 rings (SSSR count). The minimum Gasteiger partial charge on any atom is -0.497 e. The van der Waals surface area contributed by atoms with E-state index in [9.17, 15) is 22.0 Å². The highest BCUT2D eigenvalue weighted by molar-refractivity contribution is 7.89. The summed E-state index contributed by atoms with van der Waals surface area (Å²) in [6.45, 7) is 1.76. The summed E-state index contributed by atoms with van der Waals surface area (Å²) in [7, 11) is -2.32. The second-order valence-corrected chi connectivity index (χ2v) is 10.7. The lowest BCUT2D eigenvalue weighted by atomic mass is 10.0. The van der Waals surface area contributed by atoms with Crippen LogP contribution in [0.25, 0.3) is 0 Å². The molecule has 0 aromatic heterocycles. The fraction of sp³-hybridized carbons (Fsp3) is 0.458. The van der Waals surface area contributed by atoms with E-state index in [2.05, 4.69) is 4.90 Å². The molecule has 1 aliphatic heterocycles. The van der Waals surface area contributed by atoms with Crippen LogP contribution in [0.3, 0.4) is 0 Å². The Kier molecular flexibility index (Phi) is 7.09. The maximum absolute atomic E-state index is 14.8. The smallest absolute Gasteiger partial charge is 0.267 e. The average molecular weight is 495 g/mol. The summed E-state index contributed by atoms with van der Waals surface area (Å²) in [5.41, 5.74) is 0.950. The third-order valence-electron chi connectivity index (χ3n) is 6.05. The molecule has 7 nitrogen and oxygen atoms in total. The van der Waals surface area contributed by atoms with E-state index in [1.54, 1.807) is 12.1 Å². The van der Waals surface area contributed by atoms with E-state index < -0.39 is 21.7 Å². The molecule has 0 bridgehead atoms. The lowest BCUT2D eigenvalue weighted by Crippen LogP contribution is -2.41. The van der Waals surface area contributed by atoms with Gasteiger partial charge in [0.1, 0.15) is 29.2 Å². The molecule has 1 saturated heterocycles. The number of benzene rings is 2. The summed E-state index contributed by atoms with van der Waals surface area (Å²) in [5, 5.41) is 0. The number of rotatable bonds is 8. The van der Waals surface area contributed by atoms with E-state index in [1.165, 1.54) is 25.3 Å². The monoisotopic (exact) mass is 494 g/mol. The van der Waals surface area contributed by atoms with Crippen LogP contribution in [0.1, 0.15) is 53.1 Å². The second-order valence-electron chi connectivity index (χ2n) is 8.92. The highest BCUT2D eigenvalue weighted by Gasteiger charge is 2.31. The van der Waals surface area contributed by atoms with Gasteiger partial charge in [0.25, 0.3) is 5.91 Å². The Labute approximate surface area is 198 Å². The van der Waals surface area contributed by atoms with Gasteiger partial charge in [0.05, 0.1) is 18.9 Å². The van der Waals surface area contributed by atoms with Crippen molar-refractivity contribution in [1.29, 1.82) is 0 Å². The van der Waals surface area contributed by atoms with E-state index in [1.807, 2.05) is 4.72 Å². The molecule has 0 unspecified atom stereocenters. The first-order valence-corrected chi connectivity index (χ1v) is 13.1. The number of amides is 1. The molecule has 2 aromatic carbocycles. The summed E-state index contributed by atoms with van der Waals surface area (Å²) in [5.74, 6) is -1.19. The number of hydrogen-bond donors (Lipinski definition) is 1. The minimum absolute atomic E-state index is 0.147. The van der Waals surface area contributed by atoms with Crippen LogP contribution in [0.4, 0.5) is 8.78 Å². The zero-order chi connectivity index (χ0) is 24.5. The van der Waals surface area contributed by atoms with Gasteiger partial charge in [0.15, 0.2) is 0 Å². The number of ether oxygens (including phenoxy) is 2. The molecule has 2 aromatic rings. The molecule has 0 spiro atoms. The largest absolute Gasteiger partial charge is 0.497 e. The average Bonchev–Trinajstić information content (AvgIpc) is 3.59. The SMILES string of the molecule is COc1ccc(CN2CCC[C@@H](Oc3cc(F)c(C(=O)NS(C)(=O)=O)cc3C3CC3)C2)c(F)c1. The molecule has 1 heterocycles. The van der Waals surface area contributed by atoms with Crippen molar-refractivity contribution in [3.63, 3.8) is 0 Å². The van der Waals surface area contributed by atoms with Crippen LogP contribution in [-0.2, 0) is 16.6 Å². The van der Waals surface area contributed by atoms with E-state index in [0.717, 1.165) is 38.5 Å². The van der Waals surface area contributed by atoms with Crippen LogP contribution in [0.5, 0.6) is 11.5 Å². The number of methoxy groups -OCH3 is 1. The number of carbonyl (C=O) groups excluding carboxylic acids is 1. The molecule has 10 heteroatoms. The lowest BCUT2D eigenvalue weighted by molar-refractivity contribution is 0.0826. The number of halogens is 2. The van der Waals surface area contributed by atoms with Crippen LogP contribution in [0.2, 0.25) is 0 Å². The summed E-state index contributed by atoms with van der Waals surface area (Å²) in [4.78, 5) is 14.3. The maximum atomic E-state index is 14.8. The number of carbonyl (C=O) groups is 1. The van der Waals surface area contributed by atoms with Gasteiger partial charge in [0, 0.05) is 30.8 Å². The van der Waals surface area contributed by atoms with Crippen molar-refractivity contribution in [2.75, 3.05) is 26.5 Å². The molecule has 1 N–H and O–H groups in total. The summed E-state index contributed by atoms with van der Waals surface area (Å²) >= 11 is 0. The molecule has 1 saturated carbocycles. The molecule has 2 fully saturated rings. The Balaban J connectivity index is 1.48. The Hall–Kier alpha value is -2.72. The van der Waals surface area contributed by atoms with Gasteiger partial charge in [-0.25, -0.2) is 21.9 Å². The Bertz CT molecular complexity index is 1180.